The number of methoxy groups -OCH3 is 1. The van der Waals surface area contributed by atoms with Gasteiger partial charge in [0.05, 0.1) is 12.7 Å². The Labute approximate surface area is 128 Å². The first kappa shape index (κ1) is 13.5. The Morgan fingerprint density at radius 2 is 1.89 bits per heavy atom. The molecule has 0 radical (unpaired) electrons. The van der Waals surface area contributed by atoms with E-state index < -0.39 is 0 Å². The number of carbonyl (C=O) groups is 1. The highest BCUT2D eigenvalue weighted by Crippen LogP contribution is 2.26. The summed E-state index contributed by atoms with van der Waals surface area (Å²) >= 11 is 5.58. The van der Waals surface area contributed by atoms with Crippen LogP contribution >= 0.6 is 38.5 Å². The van der Waals surface area contributed by atoms with Gasteiger partial charge in [-0.25, -0.2) is 0 Å². The second kappa shape index (κ2) is 5.84. The summed E-state index contributed by atoms with van der Waals surface area (Å²) in [4.78, 5) is 12.5. The molecule has 0 aliphatic heterocycles. The SMILES string of the molecule is COc1ccc(I)cc1C(=O)c1ccccc1Br. The third-order valence-electron chi connectivity index (χ3n) is 2.52. The molecular formula is C14H10BrIO2. The van der Waals surface area contributed by atoms with Gasteiger partial charge >= 0.3 is 0 Å². The molecule has 0 spiro atoms. The van der Waals surface area contributed by atoms with Gasteiger partial charge in [0.1, 0.15) is 5.75 Å². The monoisotopic (exact) mass is 416 g/mol. The molecule has 4 heteroatoms. The van der Waals surface area contributed by atoms with Crippen LogP contribution in [0.15, 0.2) is 46.9 Å². The maximum Gasteiger partial charge on any atom is 0.197 e. The van der Waals surface area contributed by atoms with E-state index in [1.54, 1.807) is 13.2 Å². The number of hydrogen-bond acceptors (Lipinski definition) is 2. The highest BCUT2D eigenvalue weighted by atomic mass is 127. The zero-order chi connectivity index (χ0) is 13.1. The summed E-state index contributed by atoms with van der Waals surface area (Å²) in [5.74, 6) is 0.550. The summed E-state index contributed by atoms with van der Waals surface area (Å²) in [7, 11) is 1.57. The minimum absolute atomic E-state index is 0.0437. The number of ether oxygens (including phenoxy) is 1. The van der Waals surface area contributed by atoms with E-state index in [2.05, 4.69) is 38.5 Å². The molecule has 0 N–H and O–H groups in total. The Bertz CT molecular complexity index is 596. The lowest BCUT2D eigenvalue weighted by atomic mass is 10.0. The molecule has 0 unspecified atom stereocenters. The standard InChI is InChI=1S/C14H10BrIO2/c1-18-13-7-6-9(16)8-11(13)14(17)10-4-2-3-5-12(10)15/h2-8H,1H3. The van der Waals surface area contributed by atoms with Gasteiger partial charge in [0.2, 0.25) is 0 Å². The predicted octanol–water partition coefficient (Wildman–Crippen LogP) is 4.29. The van der Waals surface area contributed by atoms with Gasteiger partial charge in [0.25, 0.3) is 0 Å². The smallest absolute Gasteiger partial charge is 0.197 e. The van der Waals surface area contributed by atoms with Crippen LogP contribution in [0, 0.1) is 3.57 Å². The lowest BCUT2D eigenvalue weighted by Crippen LogP contribution is -2.05. The van der Waals surface area contributed by atoms with Crippen molar-refractivity contribution in [2.75, 3.05) is 7.11 Å². The number of ketones is 1. The van der Waals surface area contributed by atoms with E-state index >= 15 is 0 Å². The number of carbonyl (C=O) groups excluding carboxylic acids is 1. The topological polar surface area (TPSA) is 26.3 Å². The van der Waals surface area contributed by atoms with Gasteiger partial charge in [0, 0.05) is 13.6 Å². The first-order valence-electron chi connectivity index (χ1n) is 5.26. The van der Waals surface area contributed by atoms with Gasteiger partial charge in [-0.2, -0.15) is 0 Å². The van der Waals surface area contributed by atoms with Crippen molar-refractivity contribution in [1.82, 2.24) is 0 Å². The van der Waals surface area contributed by atoms with Crippen LogP contribution in [0.5, 0.6) is 5.75 Å². The quantitative estimate of drug-likeness (QED) is 0.551. The van der Waals surface area contributed by atoms with Gasteiger partial charge in [-0.3, -0.25) is 4.79 Å². The van der Waals surface area contributed by atoms with Crippen LogP contribution in [-0.4, -0.2) is 12.9 Å². The minimum Gasteiger partial charge on any atom is -0.496 e. The molecule has 2 aromatic carbocycles. The molecule has 2 aromatic rings. The van der Waals surface area contributed by atoms with Crippen LogP contribution in [0.4, 0.5) is 0 Å². The summed E-state index contributed by atoms with van der Waals surface area (Å²) in [5, 5.41) is 0. The van der Waals surface area contributed by atoms with E-state index in [0.29, 0.717) is 16.9 Å². The number of halogens is 2. The molecule has 2 rings (SSSR count). The number of hydrogen-bond donors (Lipinski definition) is 0. The lowest BCUT2D eigenvalue weighted by molar-refractivity contribution is 0.103. The molecule has 0 bridgehead atoms. The van der Waals surface area contributed by atoms with E-state index in [9.17, 15) is 4.79 Å². The molecule has 18 heavy (non-hydrogen) atoms. The van der Waals surface area contributed by atoms with E-state index in [0.717, 1.165) is 8.04 Å². The molecule has 0 aromatic heterocycles. The van der Waals surface area contributed by atoms with Crippen LogP contribution in [0.1, 0.15) is 15.9 Å². The van der Waals surface area contributed by atoms with Crippen molar-refractivity contribution < 1.29 is 9.53 Å². The number of benzene rings is 2. The maximum absolute atomic E-state index is 12.5. The summed E-state index contributed by atoms with van der Waals surface area (Å²) in [5.41, 5.74) is 1.22. The van der Waals surface area contributed by atoms with E-state index in [1.807, 2.05) is 36.4 Å². The molecule has 0 saturated carbocycles. The molecular weight excluding hydrogens is 407 g/mol. The normalized spacial score (nSPS) is 10.2. The molecule has 0 aliphatic carbocycles. The van der Waals surface area contributed by atoms with Crippen molar-refractivity contribution >= 4 is 44.3 Å². The molecule has 0 saturated heterocycles. The van der Waals surface area contributed by atoms with E-state index in [-0.39, 0.29) is 5.78 Å². The summed E-state index contributed by atoms with van der Waals surface area (Å²) in [6.07, 6.45) is 0. The van der Waals surface area contributed by atoms with Crippen molar-refractivity contribution in [2.45, 2.75) is 0 Å². The largest absolute Gasteiger partial charge is 0.496 e. The molecule has 0 atom stereocenters. The Hall–Kier alpha value is -0.880. The summed E-state index contributed by atoms with van der Waals surface area (Å²) in [6, 6.07) is 12.9. The highest BCUT2D eigenvalue weighted by Gasteiger charge is 2.16. The van der Waals surface area contributed by atoms with Gasteiger partial charge in [-0.05, 0) is 52.9 Å². The fraction of sp³-hybridized carbons (Fsp3) is 0.0714. The van der Waals surface area contributed by atoms with Crippen molar-refractivity contribution in [3.05, 3.63) is 61.6 Å². The van der Waals surface area contributed by atoms with Crippen LogP contribution in [0.2, 0.25) is 0 Å². The van der Waals surface area contributed by atoms with Gasteiger partial charge in [-0.1, -0.05) is 28.1 Å². The second-order valence-corrected chi connectivity index (χ2v) is 5.75. The van der Waals surface area contributed by atoms with Crippen LogP contribution < -0.4 is 4.74 Å². The maximum atomic E-state index is 12.5. The average Bonchev–Trinajstić information content (AvgIpc) is 2.38. The van der Waals surface area contributed by atoms with Crippen molar-refractivity contribution in [3.8, 4) is 5.75 Å². The van der Waals surface area contributed by atoms with Gasteiger partial charge in [-0.15, -0.1) is 0 Å². The fourth-order valence-electron chi connectivity index (χ4n) is 1.65. The van der Waals surface area contributed by atoms with E-state index in [4.69, 9.17) is 4.74 Å². The van der Waals surface area contributed by atoms with Crippen molar-refractivity contribution in [1.29, 1.82) is 0 Å². The van der Waals surface area contributed by atoms with Crippen LogP contribution in [-0.2, 0) is 0 Å². The van der Waals surface area contributed by atoms with Crippen LogP contribution in [0.25, 0.3) is 0 Å². The molecule has 0 amide bonds. The van der Waals surface area contributed by atoms with Gasteiger partial charge in [0.15, 0.2) is 5.78 Å². The molecule has 0 heterocycles. The zero-order valence-electron chi connectivity index (χ0n) is 9.61. The van der Waals surface area contributed by atoms with E-state index in [1.165, 1.54) is 0 Å². The Kier molecular flexibility index (Phi) is 4.40. The lowest BCUT2D eigenvalue weighted by Gasteiger charge is -2.09. The highest BCUT2D eigenvalue weighted by molar-refractivity contribution is 14.1. The van der Waals surface area contributed by atoms with Gasteiger partial charge < -0.3 is 4.74 Å². The first-order chi connectivity index (χ1) is 8.63. The molecule has 0 fully saturated rings. The zero-order valence-corrected chi connectivity index (χ0v) is 13.4. The Morgan fingerprint density at radius 3 is 2.56 bits per heavy atom. The van der Waals surface area contributed by atoms with Crippen LogP contribution in [0.3, 0.4) is 0 Å². The second-order valence-electron chi connectivity index (χ2n) is 3.65. The van der Waals surface area contributed by atoms with Crippen molar-refractivity contribution in [3.63, 3.8) is 0 Å². The molecule has 92 valence electrons. The number of rotatable bonds is 3. The summed E-state index contributed by atoms with van der Waals surface area (Å²) in [6.45, 7) is 0. The third kappa shape index (κ3) is 2.75. The Morgan fingerprint density at radius 1 is 1.17 bits per heavy atom. The first-order valence-corrected chi connectivity index (χ1v) is 7.13. The fourth-order valence-corrected chi connectivity index (χ4v) is 2.60. The summed E-state index contributed by atoms with van der Waals surface area (Å²) < 4.78 is 7.03. The predicted molar refractivity (Wildman–Crippen MR) is 83.3 cm³/mol. The third-order valence-corrected chi connectivity index (χ3v) is 3.89. The molecule has 0 aliphatic rings. The average molecular weight is 417 g/mol. The molecule has 2 nitrogen and oxygen atoms in total. The Balaban J connectivity index is 2.52. The van der Waals surface area contributed by atoms with Crippen molar-refractivity contribution in [2.24, 2.45) is 0 Å². The minimum atomic E-state index is -0.0437.